The van der Waals surface area contributed by atoms with Crippen LogP contribution in [0.4, 0.5) is 0 Å². The van der Waals surface area contributed by atoms with Crippen molar-refractivity contribution in [2.75, 3.05) is 41.0 Å². The maximum atomic E-state index is 5.67. The highest BCUT2D eigenvalue weighted by Gasteiger charge is 2.06. The van der Waals surface area contributed by atoms with Gasteiger partial charge in [-0.05, 0) is 36.6 Å². The van der Waals surface area contributed by atoms with Crippen molar-refractivity contribution in [1.29, 1.82) is 0 Å². The molecule has 0 radical (unpaired) electrons. The highest BCUT2D eigenvalue weighted by molar-refractivity contribution is 5.79. The first-order valence-corrected chi connectivity index (χ1v) is 9.31. The van der Waals surface area contributed by atoms with Crippen LogP contribution in [0.1, 0.15) is 16.7 Å². The van der Waals surface area contributed by atoms with Crippen molar-refractivity contribution in [3.8, 4) is 11.6 Å². The molecule has 1 aromatic heterocycles. The average Bonchev–Trinajstić information content (AvgIpc) is 2.72. The van der Waals surface area contributed by atoms with E-state index in [1.807, 2.05) is 19.1 Å². The molecule has 0 aliphatic rings. The van der Waals surface area contributed by atoms with Gasteiger partial charge in [0, 0.05) is 39.0 Å². The number of rotatable bonds is 10. The molecule has 0 spiro atoms. The molecule has 0 aliphatic carbocycles. The minimum Gasteiger partial charge on any atom is -0.496 e. The zero-order valence-electron chi connectivity index (χ0n) is 17.1. The summed E-state index contributed by atoms with van der Waals surface area (Å²) in [6, 6.07) is 10.1. The first kappa shape index (κ1) is 21.5. The van der Waals surface area contributed by atoms with Crippen molar-refractivity contribution in [2.45, 2.75) is 19.9 Å². The van der Waals surface area contributed by atoms with Crippen molar-refractivity contribution >= 4 is 5.96 Å². The lowest BCUT2D eigenvalue weighted by molar-refractivity contribution is 0.143. The summed E-state index contributed by atoms with van der Waals surface area (Å²) in [4.78, 5) is 8.57. The Morgan fingerprint density at radius 2 is 2.00 bits per heavy atom. The Morgan fingerprint density at radius 3 is 2.75 bits per heavy atom. The first-order valence-electron chi connectivity index (χ1n) is 9.31. The molecule has 0 unspecified atom stereocenters. The monoisotopic (exact) mass is 386 g/mol. The standard InChI is InChI=1S/C21H30N4O3/c1-16-7-8-17(14-19(16)27-4)9-11-24-21(22-2)25-15-18-6-5-10-23-20(18)28-13-12-26-3/h5-8,10,14H,9,11-13,15H2,1-4H3,(H2,22,24,25). The molecule has 7 heteroatoms. The maximum absolute atomic E-state index is 5.67. The number of ether oxygens (including phenoxy) is 3. The predicted octanol–water partition coefficient (Wildman–Crippen LogP) is 2.33. The predicted molar refractivity (Wildman–Crippen MR) is 111 cm³/mol. The number of methoxy groups -OCH3 is 2. The Bertz CT molecular complexity index is 765. The number of benzene rings is 1. The zero-order chi connectivity index (χ0) is 20.2. The number of pyridine rings is 1. The minimum absolute atomic E-state index is 0.466. The third-order valence-corrected chi connectivity index (χ3v) is 4.22. The van der Waals surface area contributed by atoms with E-state index in [9.17, 15) is 0 Å². The fourth-order valence-electron chi connectivity index (χ4n) is 2.66. The summed E-state index contributed by atoms with van der Waals surface area (Å²) in [5.41, 5.74) is 3.31. The SMILES string of the molecule is CN=C(NCCc1ccc(C)c(OC)c1)NCc1cccnc1OCCOC. The summed E-state index contributed by atoms with van der Waals surface area (Å²) < 4.78 is 16.1. The highest BCUT2D eigenvalue weighted by Crippen LogP contribution is 2.19. The van der Waals surface area contributed by atoms with E-state index in [0.717, 1.165) is 35.8 Å². The summed E-state index contributed by atoms with van der Waals surface area (Å²) in [6.07, 6.45) is 2.59. The number of aryl methyl sites for hydroxylation is 1. The fourth-order valence-corrected chi connectivity index (χ4v) is 2.66. The van der Waals surface area contributed by atoms with E-state index < -0.39 is 0 Å². The molecular weight excluding hydrogens is 356 g/mol. The molecule has 7 nitrogen and oxygen atoms in total. The summed E-state index contributed by atoms with van der Waals surface area (Å²) in [6.45, 7) is 4.35. The molecule has 1 aromatic carbocycles. The summed E-state index contributed by atoms with van der Waals surface area (Å²) in [5.74, 6) is 2.25. The van der Waals surface area contributed by atoms with Crippen LogP contribution in [0.25, 0.3) is 0 Å². The quantitative estimate of drug-likeness (QED) is 0.371. The van der Waals surface area contributed by atoms with Crippen LogP contribution in [-0.2, 0) is 17.7 Å². The van der Waals surface area contributed by atoms with Crippen LogP contribution in [0.3, 0.4) is 0 Å². The Hall–Kier alpha value is -2.80. The van der Waals surface area contributed by atoms with Crippen molar-refractivity contribution in [3.63, 3.8) is 0 Å². The highest BCUT2D eigenvalue weighted by atomic mass is 16.5. The van der Waals surface area contributed by atoms with Gasteiger partial charge >= 0.3 is 0 Å². The van der Waals surface area contributed by atoms with E-state index in [1.54, 1.807) is 27.5 Å². The van der Waals surface area contributed by atoms with E-state index in [2.05, 4.69) is 38.8 Å². The van der Waals surface area contributed by atoms with Crippen LogP contribution in [0.5, 0.6) is 11.6 Å². The van der Waals surface area contributed by atoms with Gasteiger partial charge in [-0.2, -0.15) is 0 Å². The maximum Gasteiger partial charge on any atom is 0.218 e. The summed E-state index contributed by atoms with van der Waals surface area (Å²) >= 11 is 0. The molecule has 2 aromatic rings. The van der Waals surface area contributed by atoms with Crippen LogP contribution >= 0.6 is 0 Å². The van der Waals surface area contributed by atoms with Crippen molar-refractivity contribution in [2.24, 2.45) is 4.99 Å². The average molecular weight is 386 g/mol. The molecule has 0 aliphatic heterocycles. The molecular formula is C21H30N4O3. The molecule has 0 amide bonds. The lowest BCUT2D eigenvalue weighted by Crippen LogP contribution is -2.38. The molecule has 0 atom stereocenters. The van der Waals surface area contributed by atoms with Gasteiger partial charge in [-0.3, -0.25) is 4.99 Å². The number of guanidine groups is 1. The lowest BCUT2D eigenvalue weighted by atomic mass is 10.1. The van der Waals surface area contributed by atoms with Gasteiger partial charge in [0.1, 0.15) is 12.4 Å². The molecule has 0 saturated carbocycles. The van der Waals surface area contributed by atoms with Crippen molar-refractivity contribution < 1.29 is 14.2 Å². The van der Waals surface area contributed by atoms with Gasteiger partial charge in [-0.1, -0.05) is 18.2 Å². The van der Waals surface area contributed by atoms with E-state index in [0.29, 0.717) is 25.6 Å². The molecule has 0 saturated heterocycles. The first-order chi connectivity index (χ1) is 13.7. The van der Waals surface area contributed by atoms with E-state index in [4.69, 9.17) is 14.2 Å². The van der Waals surface area contributed by atoms with Crippen LogP contribution < -0.4 is 20.1 Å². The minimum atomic E-state index is 0.466. The van der Waals surface area contributed by atoms with Crippen molar-refractivity contribution in [1.82, 2.24) is 15.6 Å². The van der Waals surface area contributed by atoms with Gasteiger partial charge in [0.25, 0.3) is 0 Å². The normalized spacial score (nSPS) is 11.2. The second-order valence-electron chi connectivity index (χ2n) is 6.22. The van der Waals surface area contributed by atoms with Crippen LogP contribution in [-0.4, -0.2) is 52.0 Å². The number of aliphatic imine (C=N–C) groups is 1. The number of nitrogens with zero attached hydrogens (tertiary/aromatic N) is 2. The van der Waals surface area contributed by atoms with Crippen molar-refractivity contribution in [3.05, 3.63) is 53.2 Å². The van der Waals surface area contributed by atoms with Crippen LogP contribution in [0.15, 0.2) is 41.5 Å². The molecule has 28 heavy (non-hydrogen) atoms. The number of aromatic nitrogens is 1. The third-order valence-electron chi connectivity index (χ3n) is 4.22. The van der Waals surface area contributed by atoms with Gasteiger partial charge in [0.2, 0.25) is 5.88 Å². The second-order valence-corrected chi connectivity index (χ2v) is 6.22. The van der Waals surface area contributed by atoms with E-state index >= 15 is 0 Å². The summed E-state index contributed by atoms with van der Waals surface area (Å²) in [5, 5.41) is 6.63. The number of nitrogens with one attached hydrogen (secondary N) is 2. The van der Waals surface area contributed by atoms with Gasteiger partial charge in [0.05, 0.1) is 13.7 Å². The van der Waals surface area contributed by atoms with Crippen LogP contribution in [0, 0.1) is 6.92 Å². The topological polar surface area (TPSA) is 77.0 Å². The van der Waals surface area contributed by atoms with Crippen LogP contribution in [0.2, 0.25) is 0 Å². The number of hydrogen-bond donors (Lipinski definition) is 2. The van der Waals surface area contributed by atoms with Gasteiger partial charge in [-0.25, -0.2) is 4.98 Å². The molecule has 2 rings (SSSR count). The Kier molecular flexibility index (Phi) is 9.07. The molecule has 1 heterocycles. The Morgan fingerprint density at radius 1 is 1.14 bits per heavy atom. The second kappa shape index (κ2) is 11.8. The fraction of sp³-hybridized carbons (Fsp3) is 0.429. The molecule has 0 bridgehead atoms. The lowest BCUT2D eigenvalue weighted by Gasteiger charge is -2.14. The molecule has 152 valence electrons. The summed E-state index contributed by atoms with van der Waals surface area (Å²) in [7, 11) is 5.10. The van der Waals surface area contributed by atoms with Gasteiger partial charge in [0.15, 0.2) is 5.96 Å². The zero-order valence-corrected chi connectivity index (χ0v) is 17.1. The Balaban J connectivity index is 1.83. The smallest absolute Gasteiger partial charge is 0.218 e. The molecule has 0 fully saturated rings. The number of hydrogen-bond acceptors (Lipinski definition) is 5. The largest absolute Gasteiger partial charge is 0.496 e. The molecule has 2 N–H and O–H groups in total. The Labute approximate surface area is 167 Å². The van der Waals surface area contributed by atoms with Gasteiger partial charge < -0.3 is 24.8 Å². The van der Waals surface area contributed by atoms with Gasteiger partial charge in [-0.15, -0.1) is 0 Å². The third kappa shape index (κ3) is 6.74. The van der Waals surface area contributed by atoms with E-state index in [-0.39, 0.29) is 0 Å². The van der Waals surface area contributed by atoms with E-state index in [1.165, 1.54) is 5.56 Å².